The van der Waals surface area contributed by atoms with Crippen molar-refractivity contribution in [1.82, 2.24) is 10.2 Å². The number of rotatable bonds is 5. The summed E-state index contributed by atoms with van der Waals surface area (Å²) in [6.45, 7) is 7.58. The van der Waals surface area contributed by atoms with Crippen LogP contribution in [0.25, 0.3) is 0 Å². The van der Waals surface area contributed by atoms with E-state index in [0.717, 1.165) is 30.3 Å². The van der Waals surface area contributed by atoms with E-state index in [4.69, 9.17) is 16.3 Å². The normalized spacial score (nSPS) is 19.5. The zero-order valence-corrected chi connectivity index (χ0v) is 13.6. The van der Waals surface area contributed by atoms with Crippen LogP contribution < -0.4 is 10.1 Å². The summed E-state index contributed by atoms with van der Waals surface area (Å²) in [7, 11) is 0. The van der Waals surface area contributed by atoms with Gasteiger partial charge in [0.1, 0.15) is 5.75 Å². The molecule has 0 amide bonds. The Labute approximate surface area is 132 Å². The van der Waals surface area contributed by atoms with E-state index < -0.39 is 0 Å². The van der Waals surface area contributed by atoms with Gasteiger partial charge in [0.2, 0.25) is 0 Å². The lowest BCUT2D eigenvalue weighted by Crippen LogP contribution is -2.42. The standard InChI is InChI=1S/C17H25ClN2O/c1-2-6-20-7-3-16(4-8-20)19-12-14-11-15(18)10-13-5-9-21-17(13)14/h10-11,16,19H,2-9,12H2,1H3. The van der Waals surface area contributed by atoms with E-state index in [-0.39, 0.29) is 0 Å². The van der Waals surface area contributed by atoms with Crippen LogP contribution in [0.4, 0.5) is 0 Å². The molecular formula is C17H25ClN2O. The Bertz CT molecular complexity index is 484. The largest absolute Gasteiger partial charge is 0.493 e. The highest BCUT2D eigenvalue weighted by Crippen LogP contribution is 2.32. The molecule has 1 saturated heterocycles. The molecule has 1 fully saturated rings. The minimum absolute atomic E-state index is 0.620. The molecule has 21 heavy (non-hydrogen) atoms. The molecule has 0 saturated carbocycles. The maximum atomic E-state index is 6.21. The fourth-order valence-electron chi connectivity index (χ4n) is 3.41. The van der Waals surface area contributed by atoms with Gasteiger partial charge >= 0.3 is 0 Å². The first-order valence-electron chi connectivity index (χ1n) is 8.16. The van der Waals surface area contributed by atoms with E-state index in [9.17, 15) is 0 Å². The molecule has 116 valence electrons. The number of nitrogens with one attached hydrogen (secondary N) is 1. The van der Waals surface area contributed by atoms with Gasteiger partial charge in [0.25, 0.3) is 0 Å². The molecule has 1 aromatic rings. The predicted octanol–water partition coefficient (Wildman–Crippen LogP) is 3.24. The van der Waals surface area contributed by atoms with Gasteiger partial charge < -0.3 is 15.0 Å². The molecule has 0 aromatic heterocycles. The number of piperidine rings is 1. The molecule has 2 aliphatic rings. The van der Waals surface area contributed by atoms with Crippen LogP contribution in [0.15, 0.2) is 12.1 Å². The molecule has 4 heteroatoms. The van der Waals surface area contributed by atoms with Gasteiger partial charge in [-0.2, -0.15) is 0 Å². The lowest BCUT2D eigenvalue weighted by Gasteiger charge is -2.32. The Morgan fingerprint density at radius 2 is 2.14 bits per heavy atom. The summed E-state index contributed by atoms with van der Waals surface area (Å²) in [5.74, 6) is 1.07. The first kappa shape index (κ1) is 15.1. The average Bonchev–Trinajstić information content (AvgIpc) is 2.94. The van der Waals surface area contributed by atoms with Gasteiger partial charge in [-0.3, -0.25) is 0 Å². The average molecular weight is 309 g/mol. The summed E-state index contributed by atoms with van der Waals surface area (Å²) in [5, 5.41) is 4.52. The van der Waals surface area contributed by atoms with Crippen molar-refractivity contribution in [3.05, 3.63) is 28.3 Å². The first-order chi connectivity index (χ1) is 10.3. The van der Waals surface area contributed by atoms with Crippen molar-refractivity contribution in [2.45, 2.75) is 45.2 Å². The van der Waals surface area contributed by atoms with Gasteiger partial charge in [0.15, 0.2) is 0 Å². The van der Waals surface area contributed by atoms with Gasteiger partial charge in [-0.25, -0.2) is 0 Å². The molecule has 3 nitrogen and oxygen atoms in total. The van der Waals surface area contributed by atoms with Gasteiger partial charge in [-0.15, -0.1) is 0 Å². The smallest absolute Gasteiger partial charge is 0.127 e. The number of likely N-dealkylation sites (tertiary alicyclic amines) is 1. The quantitative estimate of drug-likeness (QED) is 0.904. The van der Waals surface area contributed by atoms with Crippen LogP contribution in [0.5, 0.6) is 5.75 Å². The van der Waals surface area contributed by atoms with Crippen molar-refractivity contribution in [1.29, 1.82) is 0 Å². The van der Waals surface area contributed by atoms with E-state index in [1.165, 1.54) is 50.0 Å². The molecule has 0 spiro atoms. The number of benzene rings is 1. The van der Waals surface area contributed by atoms with E-state index in [1.807, 2.05) is 12.1 Å². The highest BCUT2D eigenvalue weighted by atomic mass is 35.5. The number of ether oxygens (including phenoxy) is 1. The van der Waals surface area contributed by atoms with E-state index in [0.29, 0.717) is 6.04 Å². The fraction of sp³-hybridized carbons (Fsp3) is 0.647. The summed E-state index contributed by atoms with van der Waals surface area (Å²) in [5.41, 5.74) is 2.48. The molecule has 1 N–H and O–H groups in total. The monoisotopic (exact) mass is 308 g/mol. The number of hydrogen-bond donors (Lipinski definition) is 1. The summed E-state index contributed by atoms with van der Waals surface area (Å²) < 4.78 is 5.77. The molecule has 0 unspecified atom stereocenters. The second-order valence-electron chi connectivity index (χ2n) is 6.15. The molecule has 0 atom stereocenters. The lowest BCUT2D eigenvalue weighted by molar-refractivity contribution is 0.197. The Kier molecular flexibility index (Phi) is 5.04. The van der Waals surface area contributed by atoms with Gasteiger partial charge in [-0.05, 0) is 56.6 Å². The summed E-state index contributed by atoms with van der Waals surface area (Å²) in [4.78, 5) is 2.57. The first-order valence-corrected chi connectivity index (χ1v) is 8.54. The third kappa shape index (κ3) is 3.71. The van der Waals surface area contributed by atoms with E-state index in [1.54, 1.807) is 0 Å². The highest BCUT2D eigenvalue weighted by molar-refractivity contribution is 6.30. The Morgan fingerprint density at radius 3 is 2.90 bits per heavy atom. The number of hydrogen-bond acceptors (Lipinski definition) is 3. The number of nitrogens with zero attached hydrogens (tertiary/aromatic N) is 1. The van der Waals surface area contributed by atoms with E-state index in [2.05, 4.69) is 17.1 Å². The Hall–Kier alpha value is -0.770. The second kappa shape index (κ2) is 6.99. The summed E-state index contributed by atoms with van der Waals surface area (Å²) >= 11 is 6.21. The summed E-state index contributed by atoms with van der Waals surface area (Å²) in [6.07, 6.45) is 4.72. The summed E-state index contributed by atoms with van der Waals surface area (Å²) in [6, 6.07) is 4.70. The highest BCUT2D eigenvalue weighted by Gasteiger charge is 2.21. The van der Waals surface area contributed by atoms with Crippen molar-refractivity contribution in [3.63, 3.8) is 0 Å². The minimum Gasteiger partial charge on any atom is -0.493 e. The Morgan fingerprint density at radius 1 is 1.33 bits per heavy atom. The van der Waals surface area contributed by atoms with Crippen LogP contribution in [0.2, 0.25) is 5.02 Å². The van der Waals surface area contributed by atoms with Crippen LogP contribution in [-0.4, -0.2) is 37.2 Å². The van der Waals surface area contributed by atoms with Crippen molar-refractivity contribution < 1.29 is 4.74 Å². The predicted molar refractivity (Wildman–Crippen MR) is 87.2 cm³/mol. The lowest BCUT2D eigenvalue weighted by atomic mass is 10.0. The minimum atomic E-state index is 0.620. The Balaban J connectivity index is 1.54. The van der Waals surface area contributed by atoms with Crippen LogP contribution >= 0.6 is 11.6 Å². The maximum Gasteiger partial charge on any atom is 0.127 e. The van der Waals surface area contributed by atoms with Crippen LogP contribution in [0.1, 0.15) is 37.3 Å². The van der Waals surface area contributed by atoms with Crippen LogP contribution in [0.3, 0.4) is 0 Å². The SMILES string of the molecule is CCCN1CCC(NCc2cc(Cl)cc3c2OCC3)CC1. The van der Waals surface area contributed by atoms with Crippen LogP contribution in [0, 0.1) is 0 Å². The zero-order valence-electron chi connectivity index (χ0n) is 12.8. The van der Waals surface area contributed by atoms with Crippen molar-refractivity contribution >= 4 is 11.6 Å². The molecule has 1 aromatic carbocycles. The topological polar surface area (TPSA) is 24.5 Å². The molecular weight excluding hydrogens is 284 g/mol. The van der Waals surface area contributed by atoms with Gasteiger partial charge in [0, 0.05) is 29.6 Å². The number of fused-ring (bicyclic) bond motifs is 1. The molecule has 0 bridgehead atoms. The molecule has 2 aliphatic heterocycles. The van der Waals surface area contributed by atoms with Crippen molar-refractivity contribution in [2.24, 2.45) is 0 Å². The van der Waals surface area contributed by atoms with Crippen molar-refractivity contribution in [3.8, 4) is 5.75 Å². The molecule has 0 radical (unpaired) electrons. The molecule has 2 heterocycles. The fourth-order valence-corrected chi connectivity index (χ4v) is 3.67. The zero-order chi connectivity index (χ0) is 14.7. The van der Waals surface area contributed by atoms with Gasteiger partial charge in [0.05, 0.1) is 6.61 Å². The number of halogens is 1. The second-order valence-corrected chi connectivity index (χ2v) is 6.58. The van der Waals surface area contributed by atoms with Gasteiger partial charge in [-0.1, -0.05) is 18.5 Å². The third-order valence-electron chi connectivity index (χ3n) is 4.53. The van der Waals surface area contributed by atoms with Crippen LogP contribution in [-0.2, 0) is 13.0 Å². The maximum absolute atomic E-state index is 6.21. The molecule has 3 rings (SSSR count). The molecule has 0 aliphatic carbocycles. The van der Waals surface area contributed by atoms with E-state index >= 15 is 0 Å². The third-order valence-corrected chi connectivity index (χ3v) is 4.75. The van der Waals surface area contributed by atoms with Crippen molar-refractivity contribution in [2.75, 3.05) is 26.2 Å².